The number of hydrogen-bond donors (Lipinski definition) is 0. The van der Waals surface area contributed by atoms with Gasteiger partial charge in [0.1, 0.15) is 11.4 Å². The Labute approximate surface area is 209 Å². The quantitative estimate of drug-likeness (QED) is 0.263. The van der Waals surface area contributed by atoms with Crippen LogP contribution in [0.2, 0.25) is 0 Å². The third-order valence-corrected chi connectivity index (χ3v) is 5.97. The van der Waals surface area contributed by atoms with Gasteiger partial charge in [-0.25, -0.2) is 4.98 Å². The van der Waals surface area contributed by atoms with Crippen molar-refractivity contribution in [3.8, 4) is 28.4 Å². The summed E-state index contributed by atoms with van der Waals surface area (Å²) in [6.07, 6.45) is -1.39. The highest BCUT2D eigenvalue weighted by atomic mass is 19.4. The van der Waals surface area contributed by atoms with Crippen LogP contribution in [0.15, 0.2) is 79.1 Å². The van der Waals surface area contributed by atoms with Crippen molar-refractivity contribution in [2.24, 2.45) is 0 Å². The van der Waals surface area contributed by atoms with E-state index in [1.54, 1.807) is 60.9 Å². The Bertz CT molecular complexity index is 1630. The second-order valence-corrected chi connectivity index (χ2v) is 8.23. The Kier molecular flexibility index (Phi) is 6.20. The lowest BCUT2D eigenvalue weighted by Crippen LogP contribution is -2.21. The normalized spacial score (nSPS) is 11.6. The monoisotopic (exact) mass is 506 g/mol. The maximum absolute atomic E-state index is 14.0. The summed E-state index contributed by atoms with van der Waals surface area (Å²) in [5.74, 6) is 0.329. The van der Waals surface area contributed by atoms with Crippen molar-refractivity contribution in [2.75, 3.05) is 20.8 Å². The molecule has 188 valence electrons. The molecule has 2 heterocycles. The first-order chi connectivity index (χ1) is 17.8. The second-order valence-electron chi connectivity index (χ2n) is 8.23. The molecule has 6 nitrogen and oxygen atoms in total. The second kappa shape index (κ2) is 9.50. The standard InChI is InChI=1S/C28H21F3N2O4/c1-35-22-11-10-18(14-24(22)36-2)21-15-33(26-20(21)8-5-13-32-26)27(34)25-19-7-4-3-6-17(19)9-12-23(25)37-16-28(29,30)31/h3-15H,16H2,1-2H3. The summed E-state index contributed by atoms with van der Waals surface area (Å²) in [5.41, 5.74) is 1.81. The Morgan fingerprint density at radius 1 is 0.892 bits per heavy atom. The minimum absolute atomic E-state index is 0.0174. The molecule has 0 aliphatic heterocycles. The predicted molar refractivity (Wildman–Crippen MR) is 133 cm³/mol. The van der Waals surface area contributed by atoms with E-state index in [4.69, 9.17) is 14.2 Å². The molecule has 0 fully saturated rings. The van der Waals surface area contributed by atoms with Gasteiger partial charge in [-0.2, -0.15) is 13.2 Å². The number of nitrogens with zero attached hydrogens (tertiary/aromatic N) is 2. The number of pyridine rings is 1. The van der Waals surface area contributed by atoms with Gasteiger partial charge in [0.05, 0.1) is 19.8 Å². The van der Waals surface area contributed by atoms with Gasteiger partial charge in [-0.1, -0.05) is 36.4 Å². The lowest BCUT2D eigenvalue weighted by atomic mass is 10.0. The highest BCUT2D eigenvalue weighted by Gasteiger charge is 2.30. The number of rotatable bonds is 6. The summed E-state index contributed by atoms with van der Waals surface area (Å²) in [7, 11) is 3.06. The van der Waals surface area contributed by atoms with Gasteiger partial charge >= 0.3 is 6.18 Å². The van der Waals surface area contributed by atoms with E-state index in [9.17, 15) is 18.0 Å². The number of fused-ring (bicyclic) bond motifs is 2. The molecule has 0 radical (unpaired) electrons. The van der Waals surface area contributed by atoms with Crippen LogP contribution in [0.3, 0.4) is 0 Å². The van der Waals surface area contributed by atoms with Crippen LogP contribution in [-0.4, -0.2) is 42.5 Å². The summed E-state index contributed by atoms with van der Waals surface area (Å²) in [4.78, 5) is 18.4. The van der Waals surface area contributed by atoms with E-state index in [-0.39, 0.29) is 11.3 Å². The first-order valence-corrected chi connectivity index (χ1v) is 11.2. The molecule has 37 heavy (non-hydrogen) atoms. The van der Waals surface area contributed by atoms with Crippen molar-refractivity contribution in [1.29, 1.82) is 0 Å². The third kappa shape index (κ3) is 4.55. The van der Waals surface area contributed by atoms with Crippen LogP contribution in [0.5, 0.6) is 17.2 Å². The van der Waals surface area contributed by atoms with E-state index >= 15 is 0 Å². The molecule has 0 saturated heterocycles. The van der Waals surface area contributed by atoms with Gasteiger partial charge in [0.2, 0.25) is 0 Å². The average Bonchev–Trinajstić information content (AvgIpc) is 3.30. The number of benzene rings is 3. The molecule has 0 N–H and O–H groups in total. The Hall–Kier alpha value is -4.53. The molecular weight excluding hydrogens is 485 g/mol. The van der Waals surface area contributed by atoms with E-state index < -0.39 is 18.7 Å². The molecule has 3 aromatic carbocycles. The Morgan fingerprint density at radius 3 is 2.38 bits per heavy atom. The van der Waals surface area contributed by atoms with Crippen LogP contribution in [-0.2, 0) is 0 Å². The fraction of sp³-hybridized carbons (Fsp3) is 0.143. The third-order valence-electron chi connectivity index (χ3n) is 5.97. The zero-order valence-electron chi connectivity index (χ0n) is 19.9. The molecule has 0 spiro atoms. The van der Waals surface area contributed by atoms with Crippen molar-refractivity contribution in [3.63, 3.8) is 0 Å². The van der Waals surface area contributed by atoms with Crippen LogP contribution in [0.25, 0.3) is 32.9 Å². The van der Waals surface area contributed by atoms with Gasteiger partial charge in [0, 0.05) is 23.3 Å². The van der Waals surface area contributed by atoms with E-state index in [1.165, 1.54) is 24.9 Å². The number of carbonyl (C=O) groups excluding carboxylic acids is 1. The number of ether oxygens (including phenoxy) is 3. The van der Waals surface area contributed by atoms with Crippen molar-refractivity contribution >= 4 is 27.7 Å². The molecule has 0 amide bonds. The first kappa shape index (κ1) is 24.2. The fourth-order valence-corrected chi connectivity index (χ4v) is 4.32. The Balaban J connectivity index is 1.70. The molecule has 9 heteroatoms. The molecule has 0 atom stereocenters. The smallest absolute Gasteiger partial charge is 0.422 e. The van der Waals surface area contributed by atoms with Crippen LogP contribution in [0.4, 0.5) is 13.2 Å². The summed E-state index contributed by atoms with van der Waals surface area (Å²) in [5, 5.41) is 1.84. The van der Waals surface area contributed by atoms with Crippen molar-refractivity contribution in [1.82, 2.24) is 9.55 Å². The average molecular weight is 506 g/mol. The van der Waals surface area contributed by atoms with Gasteiger partial charge in [-0.15, -0.1) is 0 Å². The molecule has 0 saturated carbocycles. The summed E-state index contributed by atoms with van der Waals surface area (Å²) >= 11 is 0. The van der Waals surface area contributed by atoms with Gasteiger partial charge in [0.15, 0.2) is 18.1 Å². The van der Waals surface area contributed by atoms with Crippen molar-refractivity contribution in [3.05, 3.63) is 84.7 Å². The van der Waals surface area contributed by atoms with Crippen LogP contribution in [0.1, 0.15) is 10.4 Å². The lowest BCUT2D eigenvalue weighted by Gasteiger charge is -2.15. The zero-order chi connectivity index (χ0) is 26.2. The molecule has 0 bridgehead atoms. The minimum Gasteiger partial charge on any atom is -0.493 e. The summed E-state index contributed by atoms with van der Waals surface area (Å²) < 4.78 is 56.1. The highest BCUT2D eigenvalue weighted by Crippen LogP contribution is 2.37. The molecule has 5 rings (SSSR count). The number of alkyl halides is 3. The molecule has 0 aliphatic carbocycles. The maximum atomic E-state index is 14.0. The molecule has 0 unspecified atom stereocenters. The molecule has 5 aromatic rings. The zero-order valence-corrected chi connectivity index (χ0v) is 19.9. The van der Waals surface area contributed by atoms with E-state index in [0.717, 1.165) is 5.56 Å². The van der Waals surface area contributed by atoms with Crippen molar-refractivity contribution in [2.45, 2.75) is 6.18 Å². The van der Waals surface area contributed by atoms with Crippen molar-refractivity contribution < 1.29 is 32.2 Å². The number of hydrogen-bond acceptors (Lipinski definition) is 5. The van der Waals surface area contributed by atoms with Gasteiger partial charge in [-0.05, 0) is 46.7 Å². The molecule has 0 aliphatic rings. The van der Waals surface area contributed by atoms with Gasteiger partial charge in [-0.3, -0.25) is 9.36 Å². The van der Waals surface area contributed by atoms with Crippen LogP contribution >= 0.6 is 0 Å². The number of methoxy groups -OCH3 is 2. The molecule has 2 aromatic heterocycles. The summed E-state index contributed by atoms with van der Waals surface area (Å²) in [6, 6.07) is 18.9. The summed E-state index contributed by atoms with van der Waals surface area (Å²) in [6.45, 7) is -1.52. The number of carbonyl (C=O) groups is 1. The topological polar surface area (TPSA) is 62.6 Å². The number of aromatic nitrogens is 2. The maximum Gasteiger partial charge on any atom is 0.422 e. The lowest BCUT2D eigenvalue weighted by molar-refractivity contribution is -0.153. The first-order valence-electron chi connectivity index (χ1n) is 11.2. The van der Waals surface area contributed by atoms with Gasteiger partial charge < -0.3 is 14.2 Å². The molecular formula is C28H21F3N2O4. The highest BCUT2D eigenvalue weighted by molar-refractivity contribution is 6.13. The largest absolute Gasteiger partial charge is 0.493 e. The predicted octanol–water partition coefficient (Wildman–Crippen LogP) is 6.50. The van der Waals surface area contributed by atoms with E-state index in [0.29, 0.717) is 38.9 Å². The minimum atomic E-state index is -4.56. The van der Waals surface area contributed by atoms with E-state index in [1.807, 2.05) is 12.1 Å². The van der Waals surface area contributed by atoms with Crippen LogP contribution in [0, 0.1) is 0 Å². The SMILES string of the molecule is COc1ccc(-c2cn(C(=O)c3c(OCC(F)(F)F)ccc4ccccc34)c3ncccc23)cc1OC. The Morgan fingerprint density at radius 2 is 1.62 bits per heavy atom. The number of halogens is 3. The van der Waals surface area contributed by atoms with E-state index in [2.05, 4.69) is 4.98 Å². The fourth-order valence-electron chi connectivity index (χ4n) is 4.32. The van der Waals surface area contributed by atoms with Gasteiger partial charge in [0.25, 0.3) is 5.91 Å². The van der Waals surface area contributed by atoms with Crippen LogP contribution < -0.4 is 14.2 Å².